The van der Waals surface area contributed by atoms with Crippen LogP contribution in [-0.4, -0.2) is 44.0 Å². The summed E-state index contributed by atoms with van der Waals surface area (Å²) in [7, 11) is 5.66. The lowest BCUT2D eigenvalue weighted by Gasteiger charge is -2.21. The Balaban J connectivity index is 4.21. The second-order valence-electron chi connectivity index (χ2n) is 3.61. The second kappa shape index (κ2) is 6.35. The van der Waals surface area contributed by atoms with Crippen molar-refractivity contribution >= 4 is 0 Å². The summed E-state index contributed by atoms with van der Waals surface area (Å²) in [5, 5.41) is 0. The third kappa shape index (κ3) is 6.01. The maximum Gasteiger partial charge on any atom is 0.160 e. The number of halogens is 2. The van der Waals surface area contributed by atoms with Crippen LogP contribution in [0.1, 0.15) is 0 Å². The van der Waals surface area contributed by atoms with Crippen LogP contribution in [0.5, 0.6) is 0 Å². The summed E-state index contributed by atoms with van der Waals surface area (Å²) >= 11 is 0. The molecule has 0 heterocycles. The van der Waals surface area contributed by atoms with Gasteiger partial charge in [0.15, 0.2) is 11.7 Å². The van der Waals surface area contributed by atoms with Gasteiger partial charge >= 0.3 is 0 Å². The molecule has 0 N–H and O–H groups in total. The van der Waals surface area contributed by atoms with Crippen molar-refractivity contribution in [2.24, 2.45) is 0 Å². The highest BCUT2D eigenvalue weighted by Gasteiger charge is 2.04. The number of nitrogens with zero attached hydrogens (tertiary/aromatic N) is 2. The Bertz CT molecular complexity index is 270. The highest BCUT2D eigenvalue weighted by molar-refractivity contribution is 5.25. The van der Waals surface area contributed by atoms with Gasteiger partial charge < -0.3 is 9.80 Å². The van der Waals surface area contributed by atoms with E-state index >= 15 is 0 Å². The van der Waals surface area contributed by atoms with E-state index in [1.54, 1.807) is 11.9 Å². The van der Waals surface area contributed by atoms with Gasteiger partial charge in [-0.3, -0.25) is 0 Å². The zero-order valence-corrected chi connectivity index (χ0v) is 9.56. The van der Waals surface area contributed by atoms with Gasteiger partial charge in [-0.2, -0.15) is 0 Å². The molecule has 0 aliphatic heterocycles. The zero-order chi connectivity index (χ0) is 12.0. The third-order valence-electron chi connectivity index (χ3n) is 1.93. The van der Waals surface area contributed by atoms with Crippen molar-refractivity contribution in [1.29, 1.82) is 0 Å². The Kier molecular flexibility index (Phi) is 5.86. The van der Waals surface area contributed by atoms with Gasteiger partial charge in [0, 0.05) is 25.8 Å². The number of hydrogen-bond acceptors (Lipinski definition) is 2. The Morgan fingerprint density at radius 3 is 2.07 bits per heavy atom. The lowest BCUT2D eigenvalue weighted by molar-refractivity contribution is 0.330. The normalized spacial score (nSPS) is 11.7. The predicted molar refractivity (Wildman–Crippen MR) is 59.8 cm³/mol. The lowest BCUT2D eigenvalue weighted by Crippen LogP contribution is -2.27. The molecule has 0 aromatic rings. The van der Waals surface area contributed by atoms with Gasteiger partial charge in [-0.25, -0.2) is 8.78 Å². The molecule has 2 nitrogen and oxygen atoms in total. The molecule has 86 valence electrons. The highest BCUT2D eigenvalue weighted by atomic mass is 19.2. The molecule has 0 bridgehead atoms. The molecule has 0 fully saturated rings. The van der Waals surface area contributed by atoms with E-state index in [4.69, 9.17) is 0 Å². The SMILES string of the molecule is C=C(F)/C(F)=C\C(=C)N(C)CCN(C)C. The van der Waals surface area contributed by atoms with Gasteiger partial charge in [0.25, 0.3) is 0 Å². The largest absolute Gasteiger partial charge is 0.374 e. The van der Waals surface area contributed by atoms with Crippen LogP contribution in [0, 0.1) is 0 Å². The average molecular weight is 216 g/mol. The van der Waals surface area contributed by atoms with Crippen molar-refractivity contribution in [2.75, 3.05) is 34.2 Å². The van der Waals surface area contributed by atoms with Crippen LogP contribution in [0.2, 0.25) is 0 Å². The van der Waals surface area contributed by atoms with Crippen molar-refractivity contribution in [3.8, 4) is 0 Å². The van der Waals surface area contributed by atoms with Crippen LogP contribution in [0.15, 0.2) is 36.6 Å². The maximum absolute atomic E-state index is 12.8. The Hall–Kier alpha value is -1.16. The first kappa shape index (κ1) is 13.8. The molecule has 0 atom stereocenters. The monoisotopic (exact) mass is 216 g/mol. The van der Waals surface area contributed by atoms with Gasteiger partial charge in [-0.05, 0) is 20.2 Å². The van der Waals surface area contributed by atoms with Gasteiger partial charge in [-0.15, -0.1) is 0 Å². The van der Waals surface area contributed by atoms with Crippen molar-refractivity contribution < 1.29 is 8.78 Å². The Labute approximate surface area is 90.2 Å². The molecule has 0 aliphatic carbocycles. The number of likely N-dealkylation sites (N-methyl/N-ethyl adjacent to an activating group) is 2. The standard InChI is InChI=1S/C11H18F2N2/c1-9(8-11(13)10(2)12)15(5)7-6-14(3)4/h8H,1-2,6-7H2,3-5H3/b11-8+. The molecule has 0 saturated heterocycles. The Morgan fingerprint density at radius 1 is 1.13 bits per heavy atom. The second-order valence-corrected chi connectivity index (χ2v) is 3.61. The molecule has 0 unspecified atom stereocenters. The summed E-state index contributed by atoms with van der Waals surface area (Å²) < 4.78 is 25.2. The van der Waals surface area contributed by atoms with E-state index in [1.807, 2.05) is 19.0 Å². The summed E-state index contributed by atoms with van der Waals surface area (Å²) in [4.78, 5) is 3.75. The molecular weight excluding hydrogens is 198 g/mol. The minimum absolute atomic E-state index is 0.424. The van der Waals surface area contributed by atoms with Gasteiger partial charge in [-0.1, -0.05) is 13.2 Å². The van der Waals surface area contributed by atoms with Gasteiger partial charge in [0.2, 0.25) is 0 Å². The van der Waals surface area contributed by atoms with Crippen molar-refractivity contribution in [3.63, 3.8) is 0 Å². The summed E-state index contributed by atoms with van der Waals surface area (Å²) in [6, 6.07) is 0. The van der Waals surface area contributed by atoms with E-state index in [0.717, 1.165) is 12.6 Å². The minimum Gasteiger partial charge on any atom is -0.374 e. The molecule has 0 radical (unpaired) electrons. The van der Waals surface area contributed by atoms with Gasteiger partial charge in [0.05, 0.1) is 0 Å². The number of allylic oxidation sites excluding steroid dienone is 3. The molecule has 0 amide bonds. The Morgan fingerprint density at radius 2 is 1.67 bits per heavy atom. The molecule has 0 saturated carbocycles. The van der Waals surface area contributed by atoms with Crippen LogP contribution in [0.25, 0.3) is 0 Å². The molecule has 0 spiro atoms. The van der Waals surface area contributed by atoms with Gasteiger partial charge in [0.1, 0.15) is 0 Å². The summed E-state index contributed by atoms with van der Waals surface area (Å²) in [6.07, 6.45) is 1.04. The fourth-order valence-electron chi connectivity index (χ4n) is 0.828. The molecule has 4 heteroatoms. The van der Waals surface area contributed by atoms with E-state index in [1.165, 1.54) is 0 Å². The quantitative estimate of drug-likeness (QED) is 0.629. The maximum atomic E-state index is 12.8. The fourth-order valence-corrected chi connectivity index (χ4v) is 0.828. The first-order valence-electron chi connectivity index (χ1n) is 4.61. The number of hydrogen-bond donors (Lipinski definition) is 0. The minimum atomic E-state index is -1.07. The molecular formula is C11H18F2N2. The summed E-state index contributed by atoms with van der Waals surface area (Å²) in [5.41, 5.74) is 0.424. The molecule has 15 heavy (non-hydrogen) atoms. The van der Waals surface area contributed by atoms with Crippen molar-refractivity contribution in [2.45, 2.75) is 0 Å². The first-order valence-corrected chi connectivity index (χ1v) is 4.61. The van der Waals surface area contributed by atoms with Crippen molar-refractivity contribution in [3.05, 3.63) is 36.6 Å². The van der Waals surface area contributed by atoms with Crippen LogP contribution >= 0.6 is 0 Å². The van der Waals surface area contributed by atoms with E-state index in [2.05, 4.69) is 13.2 Å². The lowest BCUT2D eigenvalue weighted by atomic mass is 10.3. The highest BCUT2D eigenvalue weighted by Crippen LogP contribution is 2.13. The predicted octanol–water partition coefficient (Wildman–Crippen LogP) is 2.33. The first-order chi connectivity index (χ1) is 6.84. The van der Waals surface area contributed by atoms with E-state index < -0.39 is 11.7 Å². The topological polar surface area (TPSA) is 6.48 Å². The molecule has 0 rings (SSSR count). The van der Waals surface area contributed by atoms with E-state index in [-0.39, 0.29) is 0 Å². The van der Waals surface area contributed by atoms with E-state index in [0.29, 0.717) is 12.2 Å². The zero-order valence-electron chi connectivity index (χ0n) is 9.56. The number of rotatable bonds is 6. The smallest absolute Gasteiger partial charge is 0.160 e. The summed E-state index contributed by atoms with van der Waals surface area (Å²) in [5.74, 6) is -2.05. The third-order valence-corrected chi connectivity index (χ3v) is 1.93. The van der Waals surface area contributed by atoms with Crippen LogP contribution in [-0.2, 0) is 0 Å². The van der Waals surface area contributed by atoms with E-state index in [9.17, 15) is 8.78 Å². The molecule has 0 aromatic heterocycles. The summed E-state index contributed by atoms with van der Waals surface area (Å²) in [6.45, 7) is 8.03. The molecule has 0 aliphatic rings. The molecule has 0 aromatic carbocycles. The van der Waals surface area contributed by atoms with Crippen molar-refractivity contribution in [1.82, 2.24) is 9.80 Å². The van der Waals surface area contributed by atoms with Crippen LogP contribution < -0.4 is 0 Å². The average Bonchev–Trinajstić information content (AvgIpc) is 2.13. The fraction of sp³-hybridized carbons (Fsp3) is 0.455. The van der Waals surface area contributed by atoms with Crippen LogP contribution in [0.4, 0.5) is 8.78 Å². The van der Waals surface area contributed by atoms with Crippen LogP contribution in [0.3, 0.4) is 0 Å².